The lowest BCUT2D eigenvalue weighted by Crippen LogP contribution is -2.35. The highest BCUT2D eigenvalue weighted by Gasteiger charge is 2.33. The zero-order valence-electron chi connectivity index (χ0n) is 18.0. The van der Waals surface area contributed by atoms with Gasteiger partial charge < -0.3 is 15.8 Å². The van der Waals surface area contributed by atoms with Crippen molar-refractivity contribution in [3.8, 4) is 0 Å². The molecular formula is C25H31N3O3. The molecule has 2 aromatic rings. The molecule has 3 N–H and O–H groups in total. The van der Waals surface area contributed by atoms with Gasteiger partial charge >= 0.3 is 0 Å². The Balaban J connectivity index is 1.41. The fourth-order valence-corrected chi connectivity index (χ4v) is 4.15. The molecule has 6 heteroatoms. The Labute approximate surface area is 183 Å². The summed E-state index contributed by atoms with van der Waals surface area (Å²) in [6.45, 7) is 6.60. The highest BCUT2D eigenvalue weighted by molar-refractivity contribution is 5.94. The van der Waals surface area contributed by atoms with Gasteiger partial charge in [0.15, 0.2) is 0 Å². The zero-order valence-corrected chi connectivity index (χ0v) is 18.0. The summed E-state index contributed by atoms with van der Waals surface area (Å²) in [5.41, 5.74) is 9.49. The van der Waals surface area contributed by atoms with E-state index in [9.17, 15) is 9.59 Å². The van der Waals surface area contributed by atoms with E-state index in [2.05, 4.69) is 22.3 Å². The molecule has 1 saturated carbocycles. The number of ketones is 1. The Morgan fingerprint density at radius 2 is 1.65 bits per heavy atom. The van der Waals surface area contributed by atoms with Crippen molar-refractivity contribution in [1.82, 2.24) is 10.2 Å². The number of rotatable bonds is 8. The van der Waals surface area contributed by atoms with Crippen molar-refractivity contribution in [3.05, 3.63) is 70.8 Å². The van der Waals surface area contributed by atoms with Crippen LogP contribution in [-0.2, 0) is 16.1 Å². The molecule has 1 saturated heterocycles. The van der Waals surface area contributed by atoms with Crippen LogP contribution in [0.1, 0.15) is 46.3 Å². The molecule has 2 aliphatic rings. The molecule has 2 aromatic carbocycles. The van der Waals surface area contributed by atoms with E-state index in [-0.39, 0.29) is 23.7 Å². The third kappa shape index (κ3) is 5.58. The van der Waals surface area contributed by atoms with Crippen LogP contribution in [0.3, 0.4) is 0 Å². The van der Waals surface area contributed by atoms with Gasteiger partial charge in [-0.2, -0.15) is 0 Å². The van der Waals surface area contributed by atoms with Gasteiger partial charge in [-0.3, -0.25) is 14.5 Å². The van der Waals surface area contributed by atoms with Crippen LogP contribution in [0.2, 0.25) is 0 Å². The number of hydrogen-bond acceptors (Lipinski definition) is 5. The standard InChI is InChI=1S/C25H31N3O3/c1-17(29)24(19-4-2-18(3-5-19)16-28-10-12-31-13-11-28)20-6-8-21(9-7-20)25(30)27-15-22-14-23(22)26/h2-9,22-24H,10-16,26H2,1H3,(H,27,30). The second-order valence-corrected chi connectivity index (χ2v) is 8.67. The van der Waals surface area contributed by atoms with E-state index < -0.39 is 0 Å². The summed E-state index contributed by atoms with van der Waals surface area (Å²) in [6, 6.07) is 15.9. The topological polar surface area (TPSA) is 84.7 Å². The zero-order chi connectivity index (χ0) is 21.8. The van der Waals surface area contributed by atoms with Crippen molar-refractivity contribution in [3.63, 3.8) is 0 Å². The lowest BCUT2D eigenvalue weighted by atomic mass is 9.87. The summed E-state index contributed by atoms with van der Waals surface area (Å²) in [4.78, 5) is 27.2. The van der Waals surface area contributed by atoms with Crippen LogP contribution < -0.4 is 11.1 Å². The summed E-state index contributed by atoms with van der Waals surface area (Å²) in [7, 11) is 0. The molecule has 164 valence electrons. The molecule has 3 atom stereocenters. The fourth-order valence-electron chi connectivity index (χ4n) is 4.15. The first kappa shape index (κ1) is 21.7. The Kier molecular flexibility index (Phi) is 6.80. The van der Waals surface area contributed by atoms with Crippen molar-refractivity contribution >= 4 is 11.7 Å². The molecule has 0 aromatic heterocycles. The average molecular weight is 422 g/mol. The normalized spacial score (nSPS) is 22.0. The molecule has 3 unspecified atom stereocenters. The number of benzene rings is 2. The Morgan fingerprint density at radius 1 is 1.06 bits per heavy atom. The molecule has 1 amide bonds. The molecular weight excluding hydrogens is 390 g/mol. The number of Topliss-reactive ketones (excluding diaryl/α,β-unsaturated/α-hetero) is 1. The summed E-state index contributed by atoms with van der Waals surface area (Å²) in [5, 5.41) is 2.94. The van der Waals surface area contributed by atoms with Gasteiger partial charge in [0.05, 0.1) is 19.1 Å². The van der Waals surface area contributed by atoms with E-state index >= 15 is 0 Å². The Bertz CT molecular complexity index is 905. The second-order valence-electron chi connectivity index (χ2n) is 8.67. The maximum absolute atomic E-state index is 12.5. The van der Waals surface area contributed by atoms with Crippen LogP contribution in [0.5, 0.6) is 0 Å². The number of morpholine rings is 1. The second kappa shape index (κ2) is 9.73. The predicted octanol–water partition coefficient (Wildman–Crippen LogP) is 2.32. The Hall–Kier alpha value is -2.54. The van der Waals surface area contributed by atoms with E-state index in [4.69, 9.17) is 10.5 Å². The third-order valence-corrected chi connectivity index (χ3v) is 6.24. The van der Waals surface area contributed by atoms with Crippen LogP contribution in [0.15, 0.2) is 48.5 Å². The molecule has 0 spiro atoms. The predicted molar refractivity (Wildman–Crippen MR) is 120 cm³/mol. The number of hydrogen-bond donors (Lipinski definition) is 2. The highest BCUT2D eigenvalue weighted by Crippen LogP contribution is 2.28. The van der Waals surface area contributed by atoms with Gasteiger partial charge in [-0.1, -0.05) is 36.4 Å². The van der Waals surface area contributed by atoms with E-state index in [1.807, 2.05) is 24.3 Å². The number of nitrogens with zero attached hydrogens (tertiary/aromatic N) is 1. The third-order valence-electron chi connectivity index (χ3n) is 6.24. The molecule has 6 nitrogen and oxygen atoms in total. The van der Waals surface area contributed by atoms with Crippen LogP contribution in [-0.4, -0.2) is 55.5 Å². The molecule has 0 bridgehead atoms. The summed E-state index contributed by atoms with van der Waals surface area (Å²) < 4.78 is 5.41. The smallest absolute Gasteiger partial charge is 0.251 e. The van der Waals surface area contributed by atoms with Crippen molar-refractivity contribution < 1.29 is 14.3 Å². The number of ether oxygens (including phenoxy) is 1. The quantitative estimate of drug-likeness (QED) is 0.683. The molecule has 1 aliphatic carbocycles. The number of nitrogens with one attached hydrogen (secondary N) is 1. The van der Waals surface area contributed by atoms with Gasteiger partial charge in [0.2, 0.25) is 0 Å². The molecule has 31 heavy (non-hydrogen) atoms. The summed E-state index contributed by atoms with van der Waals surface area (Å²) >= 11 is 0. The van der Waals surface area contributed by atoms with Crippen LogP contribution in [0.4, 0.5) is 0 Å². The number of carbonyl (C=O) groups excluding carboxylic acids is 2. The maximum atomic E-state index is 12.5. The van der Waals surface area contributed by atoms with Crippen LogP contribution in [0, 0.1) is 5.92 Å². The molecule has 1 aliphatic heterocycles. The van der Waals surface area contributed by atoms with Gasteiger partial charge in [0.1, 0.15) is 5.78 Å². The van der Waals surface area contributed by atoms with E-state index in [1.165, 1.54) is 5.56 Å². The first-order chi connectivity index (χ1) is 15.0. The van der Waals surface area contributed by atoms with Gasteiger partial charge in [-0.05, 0) is 48.1 Å². The minimum atomic E-state index is -0.334. The average Bonchev–Trinajstić information content (AvgIpc) is 3.49. The van der Waals surface area contributed by atoms with Gasteiger partial charge in [-0.25, -0.2) is 0 Å². The number of nitrogens with two attached hydrogens (primary N) is 1. The van der Waals surface area contributed by atoms with Crippen molar-refractivity contribution in [2.45, 2.75) is 31.8 Å². The van der Waals surface area contributed by atoms with Gasteiger partial charge in [0, 0.05) is 37.8 Å². The van der Waals surface area contributed by atoms with Crippen LogP contribution >= 0.6 is 0 Å². The van der Waals surface area contributed by atoms with Crippen molar-refractivity contribution in [1.29, 1.82) is 0 Å². The van der Waals surface area contributed by atoms with E-state index in [0.29, 0.717) is 18.0 Å². The first-order valence-corrected chi connectivity index (χ1v) is 11.0. The minimum absolute atomic E-state index is 0.0841. The first-order valence-electron chi connectivity index (χ1n) is 11.0. The SMILES string of the molecule is CC(=O)C(c1ccc(CN2CCOCC2)cc1)c1ccc(C(=O)NCC2CC2N)cc1. The van der Waals surface area contributed by atoms with Crippen LogP contribution in [0.25, 0.3) is 0 Å². The highest BCUT2D eigenvalue weighted by atomic mass is 16.5. The lowest BCUT2D eigenvalue weighted by Gasteiger charge is -2.26. The van der Waals surface area contributed by atoms with Crippen molar-refractivity contribution in [2.75, 3.05) is 32.8 Å². The molecule has 4 rings (SSSR count). The van der Waals surface area contributed by atoms with Crippen molar-refractivity contribution in [2.24, 2.45) is 11.7 Å². The minimum Gasteiger partial charge on any atom is -0.379 e. The number of carbonyl (C=O) groups is 2. The Morgan fingerprint density at radius 3 is 2.19 bits per heavy atom. The molecule has 2 fully saturated rings. The largest absolute Gasteiger partial charge is 0.379 e. The number of amides is 1. The molecule has 1 heterocycles. The van der Waals surface area contributed by atoms with E-state index in [0.717, 1.165) is 50.4 Å². The lowest BCUT2D eigenvalue weighted by molar-refractivity contribution is -0.117. The summed E-state index contributed by atoms with van der Waals surface area (Å²) in [6.07, 6.45) is 0.977. The fraction of sp³-hybridized carbons (Fsp3) is 0.440. The van der Waals surface area contributed by atoms with Gasteiger partial charge in [-0.15, -0.1) is 0 Å². The van der Waals surface area contributed by atoms with E-state index in [1.54, 1.807) is 19.1 Å². The van der Waals surface area contributed by atoms with Gasteiger partial charge in [0.25, 0.3) is 5.91 Å². The monoisotopic (exact) mass is 421 g/mol. The maximum Gasteiger partial charge on any atom is 0.251 e. The summed E-state index contributed by atoms with van der Waals surface area (Å²) in [5.74, 6) is 0.0499. The molecule has 0 radical (unpaired) electrons.